The van der Waals surface area contributed by atoms with Crippen molar-refractivity contribution in [3.05, 3.63) is 90.0 Å². The number of para-hydroxylation sites is 1. The lowest BCUT2D eigenvalue weighted by Gasteiger charge is -2.34. The quantitative estimate of drug-likeness (QED) is 0.225. The van der Waals surface area contributed by atoms with E-state index in [0.29, 0.717) is 42.1 Å². The van der Waals surface area contributed by atoms with Crippen LogP contribution in [0.2, 0.25) is 0 Å². The molecule has 0 aromatic heterocycles. The van der Waals surface area contributed by atoms with Crippen LogP contribution in [0.3, 0.4) is 0 Å². The number of ketones is 1. The van der Waals surface area contributed by atoms with Crippen LogP contribution in [0, 0.1) is 6.92 Å². The van der Waals surface area contributed by atoms with Crippen molar-refractivity contribution in [1.29, 1.82) is 0 Å². The number of aliphatic hydroxyl groups excluding tert-OH is 1. The van der Waals surface area contributed by atoms with Crippen molar-refractivity contribution >= 4 is 29.0 Å². The molecule has 1 spiro atoms. The van der Waals surface area contributed by atoms with Gasteiger partial charge in [-0.05, 0) is 63.8 Å². The Morgan fingerprint density at radius 3 is 2.50 bits per heavy atom. The first kappa shape index (κ1) is 26.9. The number of aryl methyl sites for hydroxylation is 1. The van der Waals surface area contributed by atoms with Gasteiger partial charge in [-0.2, -0.15) is 0 Å². The summed E-state index contributed by atoms with van der Waals surface area (Å²) in [6, 6.07) is 12.1. The number of nitrogens with zero attached hydrogens (tertiary/aromatic N) is 3. The average molecular weight is 516 g/mol. The smallest absolute Gasteiger partial charge is 0.296 e. The van der Waals surface area contributed by atoms with Gasteiger partial charge in [0.15, 0.2) is 5.54 Å². The van der Waals surface area contributed by atoms with Crippen molar-refractivity contribution in [3.63, 3.8) is 0 Å². The zero-order valence-corrected chi connectivity index (χ0v) is 22.1. The predicted octanol–water partition coefficient (Wildman–Crippen LogP) is 3.62. The lowest BCUT2D eigenvalue weighted by molar-refractivity contribution is -0.143. The van der Waals surface area contributed by atoms with Crippen LogP contribution in [0.4, 0.5) is 5.69 Å². The first-order chi connectivity index (χ1) is 18.2. The van der Waals surface area contributed by atoms with Crippen LogP contribution in [0.25, 0.3) is 5.76 Å². The molecular weight excluding hydrogens is 482 g/mol. The number of ether oxygens (including phenoxy) is 1. The lowest BCUT2D eigenvalue weighted by atomic mass is 9.81. The molecule has 1 unspecified atom stereocenters. The van der Waals surface area contributed by atoms with Crippen molar-refractivity contribution in [2.24, 2.45) is 0 Å². The summed E-state index contributed by atoms with van der Waals surface area (Å²) in [7, 11) is 3.83. The van der Waals surface area contributed by atoms with E-state index in [0.717, 1.165) is 5.56 Å². The van der Waals surface area contributed by atoms with Gasteiger partial charge in [0.05, 0.1) is 11.3 Å². The molecule has 8 nitrogen and oxygen atoms in total. The van der Waals surface area contributed by atoms with E-state index in [2.05, 4.69) is 13.2 Å². The number of aliphatic hydroxyl groups is 1. The maximum absolute atomic E-state index is 14.3. The minimum absolute atomic E-state index is 0.162. The zero-order valence-electron chi connectivity index (χ0n) is 22.1. The van der Waals surface area contributed by atoms with Gasteiger partial charge in [-0.15, -0.1) is 6.58 Å². The van der Waals surface area contributed by atoms with E-state index < -0.39 is 28.9 Å². The van der Waals surface area contributed by atoms with Crippen LogP contribution in [-0.2, 0) is 19.9 Å². The Hall–Kier alpha value is -4.17. The van der Waals surface area contributed by atoms with E-state index >= 15 is 0 Å². The Morgan fingerprint density at radius 1 is 1.11 bits per heavy atom. The highest BCUT2D eigenvalue weighted by Gasteiger charge is 2.66. The van der Waals surface area contributed by atoms with Crippen LogP contribution in [0.5, 0.6) is 5.75 Å². The van der Waals surface area contributed by atoms with Gasteiger partial charge >= 0.3 is 0 Å². The number of carbonyl (C=O) groups excluding carboxylic acids is 3. The molecule has 1 fully saturated rings. The van der Waals surface area contributed by atoms with E-state index in [4.69, 9.17) is 4.74 Å². The van der Waals surface area contributed by atoms with Gasteiger partial charge in [0.2, 0.25) is 0 Å². The lowest BCUT2D eigenvalue weighted by Crippen LogP contribution is -2.52. The Balaban J connectivity index is 1.96. The summed E-state index contributed by atoms with van der Waals surface area (Å²) in [6.45, 7) is 10.6. The maximum Gasteiger partial charge on any atom is 0.296 e. The molecule has 2 heterocycles. The highest BCUT2D eigenvalue weighted by Crippen LogP contribution is 2.53. The van der Waals surface area contributed by atoms with Gasteiger partial charge in [0.25, 0.3) is 17.6 Å². The molecule has 2 aliphatic heterocycles. The molecule has 38 heavy (non-hydrogen) atoms. The third kappa shape index (κ3) is 4.20. The molecule has 0 radical (unpaired) electrons. The maximum atomic E-state index is 14.3. The Labute approximate surface area is 223 Å². The van der Waals surface area contributed by atoms with Crippen molar-refractivity contribution < 1.29 is 24.2 Å². The molecule has 2 aliphatic rings. The van der Waals surface area contributed by atoms with Crippen molar-refractivity contribution in [2.75, 3.05) is 45.2 Å². The van der Waals surface area contributed by atoms with Gasteiger partial charge in [-0.25, -0.2) is 0 Å². The molecule has 1 saturated heterocycles. The number of carbonyl (C=O) groups is 3. The monoisotopic (exact) mass is 515 g/mol. The number of rotatable bonds is 10. The molecule has 0 aliphatic carbocycles. The second-order valence-electron chi connectivity index (χ2n) is 9.68. The Kier molecular flexibility index (Phi) is 7.55. The minimum Gasteiger partial charge on any atom is -0.507 e. The molecule has 8 heteroatoms. The van der Waals surface area contributed by atoms with Crippen LogP contribution < -0.4 is 9.64 Å². The highest BCUT2D eigenvalue weighted by molar-refractivity contribution is 6.50. The summed E-state index contributed by atoms with van der Waals surface area (Å²) >= 11 is 0. The van der Waals surface area contributed by atoms with Gasteiger partial charge < -0.3 is 24.5 Å². The second kappa shape index (κ2) is 10.7. The molecular formula is C30H33N3O5. The van der Waals surface area contributed by atoms with E-state index in [-0.39, 0.29) is 18.7 Å². The normalized spacial score (nSPS) is 19.9. The van der Waals surface area contributed by atoms with Gasteiger partial charge in [0.1, 0.15) is 18.1 Å². The Bertz CT molecular complexity index is 1350. The van der Waals surface area contributed by atoms with Gasteiger partial charge in [-0.3, -0.25) is 14.4 Å². The molecule has 2 amide bonds. The predicted molar refractivity (Wildman–Crippen MR) is 147 cm³/mol. The molecule has 1 atom stereocenters. The number of hydrogen-bond acceptors (Lipinski definition) is 6. The number of hydrogen-bond donors (Lipinski definition) is 1. The molecule has 2 aromatic rings. The van der Waals surface area contributed by atoms with Crippen LogP contribution in [0.15, 0.2) is 73.3 Å². The average Bonchev–Trinajstić information content (AvgIpc) is 3.26. The van der Waals surface area contributed by atoms with Crippen molar-refractivity contribution in [1.82, 2.24) is 9.80 Å². The molecule has 198 valence electrons. The fourth-order valence-corrected chi connectivity index (χ4v) is 5.27. The highest BCUT2D eigenvalue weighted by atomic mass is 16.5. The first-order valence-electron chi connectivity index (χ1n) is 12.5. The van der Waals surface area contributed by atoms with E-state index in [1.165, 1.54) is 9.80 Å². The Morgan fingerprint density at radius 2 is 1.84 bits per heavy atom. The third-order valence-corrected chi connectivity index (χ3v) is 6.91. The second-order valence-corrected chi connectivity index (χ2v) is 9.68. The third-order valence-electron chi connectivity index (χ3n) is 6.91. The van der Waals surface area contributed by atoms with E-state index in [1.54, 1.807) is 54.6 Å². The van der Waals surface area contributed by atoms with Crippen LogP contribution in [-0.4, -0.2) is 72.8 Å². The summed E-state index contributed by atoms with van der Waals surface area (Å²) < 4.78 is 5.64. The van der Waals surface area contributed by atoms with Crippen molar-refractivity contribution in [2.45, 2.75) is 18.9 Å². The largest absolute Gasteiger partial charge is 0.507 e. The van der Waals surface area contributed by atoms with Crippen LogP contribution in [0.1, 0.15) is 23.1 Å². The SMILES string of the molecule is C=CCOc1ccc(C(O)=C2C(=O)C(=O)N(CCCN(C)C)C23C(=O)N(CC=C)c2ccccc23)cc1C. The number of benzene rings is 2. The fourth-order valence-electron chi connectivity index (χ4n) is 5.27. The zero-order chi connectivity index (χ0) is 27.6. The molecule has 2 aromatic carbocycles. The number of fused-ring (bicyclic) bond motifs is 2. The summed E-state index contributed by atoms with van der Waals surface area (Å²) in [5.41, 5.74) is 0.0850. The molecule has 4 rings (SSSR count). The summed E-state index contributed by atoms with van der Waals surface area (Å²) in [5.74, 6) is -1.97. The molecule has 0 bridgehead atoms. The first-order valence-corrected chi connectivity index (χ1v) is 12.5. The number of likely N-dealkylation sites (tertiary alicyclic amines) is 1. The summed E-state index contributed by atoms with van der Waals surface area (Å²) in [6.07, 6.45) is 3.76. The molecule has 0 saturated carbocycles. The van der Waals surface area contributed by atoms with Crippen molar-refractivity contribution in [3.8, 4) is 5.75 Å². The molecule has 1 N–H and O–H groups in total. The minimum atomic E-state index is -1.78. The topological polar surface area (TPSA) is 90.4 Å². The van der Waals surface area contributed by atoms with E-state index in [9.17, 15) is 19.5 Å². The van der Waals surface area contributed by atoms with Gasteiger partial charge in [-0.1, -0.05) is 36.9 Å². The number of amides is 2. The van der Waals surface area contributed by atoms with E-state index in [1.807, 2.05) is 25.9 Å². The van der Waals surface area contributed by atoms with Gasteiger partial charge in [0, 0.05) is 24.2 Å². The summed E-state index contributed by atoms with van der Waals surface area (Å²) in [4.78, 5) is 46.3. The number of anilines is 1. The standard InChI is InChI=1S/C30H33N3O5/c1-6-15-32-23-12-9-8-11-22(23)30(29(32)37)25(27(35)28(36)33(30)17-10-16-31(4)5)26(34)21-13-14-24(20(3)19-21)38-18-7-2/h6-9,11-14,19,34H,1-2,10,15-18H2,3-5H3. The number of Topliss-reactive ketones (excluding diaryl/α,β-unsaturated/α-hetero) is 1. The summed E-state index contributed by atoms with van der Waals surface area (Å²) in [5, 5.41) is 11.6. The fraction of sp³-hybridized carbons (Fsp3) is 0.300. The van der Waals surface area contributed by atoms with Crippen LogP contribution >= 0.6 is 0 Å².